The molecule has 0 atom stereocenters. The first kappa shape index (κ1) is 14.3. The summed E-state index contributed by atoms with van der Waals surface area (Å²) in [7, 11) is 1.54. The lowest BCUT2D eigenvalue weighted by Gasteiger charge is -2.10. The molecule has 0 saturated carbocycles. The Morgan fingerprint density at radius 3 is 2.70 bits per heavy atom. The minimum Gasteiger partial charge on any atom is -0.455 e. The van der Waals surface area contributed by atoms with Gasteiger partial charge in [0.2, 0.25) is 0 Å². The molecule has 1 amide bonds. The number of anilines is 1. The van der Waals surface area contributed by atoms with Gasteiger partial charge in [-0.1, -0.05) is 0 Å². The molecule has 0 aliphatic heterocycles. The Balaban J connectivity index is 2.32. The van der Waals surface area contributed by atoms with E-state index < -0.39 is 0 Å². The monoisotopic (exact) mass is 338 g/mol. The number of carbonyl (C=O) groups is 1. The first-order chi connectivity index (χ1) is 9.51. The number of nitrogens with one attached hydrogen (secondary N) is 1. The van der Waals surface area contributed by atoms with Crippen LogP contribution in [0.15, 0.2) is 40.9 Å². The third kappa shape index (κ3) is 3.08. The van der Waals surface area contributed by atoms with E-state index in [0.717, 1.165) is 0 Å². The van der Waals surface area contributed by atoms with Crippen molar-refractivity contribution in [1.29, 1.82) is 0 Å². The molecule has 0 heterocycles. The van der Waals surface area contributed by atoms with Crippen LogP contribution in [0.4, 0.5) is 10.1 Å². The molecule has 0 aromatic heterocycles. The molecule has 6 heteroatoms. The van der Waals surface area contributed by atoms with Crippen LogP contribution in [0.2, 0.25) is 0 Å². The highest BCUT2D eigenvalue weighted by Crippen LogP contribution is 2.30. The van der Waals surface area contributed by atoms with Gasteiger partial charge in [0.1, 0.15) is 11.6 Å². The van der Waals surface area contributed by atoms with Crippen molar-refractivity contribution in [1.82, 2.24) is 5.32 Å². The van der Waals surface area contributed by atoms with Crippen molar-refractivity contribution in [2.45, 2.75) is 0 Å². The highest BCUT2D eigenvalue weighted by Gasteiger charge is 2.09. The number of carbonyl (C=O) groups excluding carboxylic acids is 1. The molecular formula is C14H12BrFN2O2. The molecule has 20 heavy (non-hydrogen) atoms. The number of hydrogen-bond donors (Lipinski definition) is 2. The molecule has 0 radical (unpaired) electrons. The predicted octanol–water partition coefficient (Wildman–Crippen LogP) is 3.32. The number of halogens is 2. The molecule has 104 valence electrons. The molecule has 2 aromatic rings. The van der Waals surface area contributed by atoms with Crippen LogP contribution in [-0.4, -0.2) is 13.0 Å². The lowest BCUT2D eigenvalue weighted by Crippen LogP contribution is -2.17. The van der Waals surface area contributed by atoms with Crippen LogP contribution in [0, 0.1) is 5.82 Å². The van der Waals surface area contributed by atoms with Crippen LogP contribution in [-0.2, 0) is 0 Å². The average Bonchev–Trinajstić information content (AvgIpc) is 2.44. The van der Waals surface area contributed by atoms with E-state index in [-0.39, 0.29) is 16.2 Å². The molecule has 0 aliphatic rings. The maximum atomic E-state index is 13.2. The fraction of sp³-hybridized carbons (Fsp3) is 0.0714. The Labute approximate surface area is 123 Å². The summed E-state index contributed by atoms with van der Waals surface area (Å²) in [6.45, 7) is 0. The maximum Gasteiger partial charge on any atom is 0.251 e. The average molecular weight is 339 g/mol. The van der Waals surface area contributed by atoms with E-state index in [4.69, 9.17) is 10.5 Å². The van der Waals surface area contributed by atoms with Crippen LogP contribution in [0.1, 0.15) is 10.4 Å². The molecule has 2 rings (SSSR count). The van der Waals surface area contributed by atoms with Gasteiger partial charge in [0.05, 0.1) is 10.2 Å². The van der Waals surface area contributed by atoms with Crippen LogP contribution in [0.3, 0.4) is 0 Å². The first-order valence-electron chi connectivity index (χ1n) is 5.76. The molecule has 2 aromatic carbocycles. The first-order valence-corrected chi connectivity index (χ1v) is 6.55. The van der Waals surface area contributed by atoms with Crippen LogP contribution in [0.25, 0.3) is 0 Å². The van der Waals surface area contributed by atoms with Crippen molar-refractivity contribution >= 4 is 27.5 Å². The molecule has 0 fully saturated rings. The Bertz CT molecular complexity index is 662. The number of amides is 1. The second kappa shape index (κ2) is 5.92. The Morgan fingerprint density at radius 2 is 2.05 bits per heavy atom. The van der Waals surface area contributed by atoms with Gasteiger partial charge in [0, 0.05) is 12.6 Å². The lowest BCUT2D eigenvalue weighted by atomic mass is 10.2. The van der Waals surface area contributed by atoms with E-state index in [1.165, 1.54) is 31.3 Å². The standard InChI is InChI=1S/C14H12BrFN2O2/c1-18-14(19)8-2-5-12(17)13(6-8)20-9-3-4-11(16)10(15)7-9/h2-7H,17H2,1H3,(H,18,19). The van der Waals surface area contributed by atoms with Crippen molar-refractivity contribution in [3.05, 3.63) is 52.3 Å². The normalized spacial score (nSPS) is 10.2. The Morgan fingerprint density at radius 1 is 1.30 bits per heavy atom. The van der Waals surface area contributed by atoms with E-state index in [1.54, 1.807) is 12.1 Å². The second-order valence-corrected chi connectivity index (χ2v) is 4.86. The highest BCUT2D eigenvalue weighted by molar-refractivity contribution is 9.10. The van der Waals surface area contributed by atoms with Gasteiger partial charge in [-0.2, -0.15) is 0 Å². The fourth-order valence-corrected chi connectivity index (χ4v) is 1.93. The zero-order chi connectivity index (χ0) is 14.7. The molecule has 0 bridgehead atoms. The van der Waals surface area contributed by atoms with E-state index >= 15 is 0 Å². The number of nitrogens with two attached hydrogens (primary N) is 1. The van der Waals surface area contributed by atoms with Gasteiger partial charge in [-0.15, -0.1) is 0 Å². The summed E-state index contributed by atoms with van der Waals surface area (Å²) in [4.78, 5) is 11.6. The van der Waals surface area contributed by atoms with Crippen molar-refractivity contribution in [3.8, 4) is 11.5 Å². The predicted molar refractivity (Wildman–Crippen MR) is 78.4 cm³/mol. The molecular weight excluding hydrogens is 327 g/mol. The van der Waals surface area contributed by atoms with Gasteiger partial charge >= 0.3 is 0 Å². The molecule has 3 N–H and O–H groups in total. The molecule has 0 unspecified atom stereocenters. The summed E-state index contributed by atoms with van der Waals surface area (Å²) in [6.07, 6.45) is 0. The number of benzene rings is 2. The lowest BCUT2D eigenvalue weighted by molar-refractivity contribution is 0.0963. The van der Waals surface area contributed by atoms with Gasteiger partial charge < -0.3 is 15.8 Å². The third-order valence-electron chi connectivity index (χ3n) is 2.62. The topological polar surface area (TPSA) is 64.4 Å². The van der Waals surface area contributed by atoms with Gasteiger partial charge in [0.25, 0.3) is 5.91 Å². The zero-order valence-corrected chi connectivity index (χ0v) is 12.2. The fourth-order valence-electron chi connectivity index (χ4n) is 1.58. The smallest absolute Gasteiger partial charge is 0.251 e. The summed E-state index contributed by atoms with van der Waals surface area (Å²) in [5, 5.41) is 2.52. The summed E-state index contributed by atoms with van der Waals surface area (Å²) in [6, 6.07) is 8.96. The van der Waals surface area contributed by atoms with E-state index in [1.807, 2.05) is 0 Å². The second-order valence-electron chi connectivity index (χ2n) is 4.01. The quantitative estimate of drug-likeness (QED) is 0.843. The number of nitrogen functional groups attached to an aromatic ring is 1. The minimum absolute atomic E-state index is 0.241. The highest BCUT2D eigenvalue weighted by atomic mass is 79.9. The summed E-state index contributed by atoms with van der Waals surface area (Å²) in [5.41, 5.74) is 6.62. The van der Waals surface area contributed by atoms with Crippen molar-refractivity contribution in [3.63, 3.8) is 0 Å². The molecule has 0 saturated heterocycles. The summed E-state index contributed by atoms with van der Waals surface area (Å²) < 4.78 is 19.0. The van der Waals surface area contributed by atoms with Crippen molar-refractivity contribution < 1.29 is 13.9 Å². The Kier molecular flexibility index (Phi) is 4.24. The number of hydrogen-bond acceptors (Lipinski definition) is 3. The van der Waals surface area contributed by atoms with E-state index in [9.17, 15) is 9.18 Å². The van der Waals surface area contributed by atoms with Gasteiger partial charge in [-0.3, -0.25) is 4.79 Å². The molecule has 0 aliphatic carbocycles. The van der Waals surface area contributed by atoms with Crippen LogP contribution < -0.4 is 15.8 Å². The van der Waals surface area contributed by atoms with Gasteiger partial charge in [-0.25, -0.2) is 4.39 Å². The zero-order valence-electron chi connectivity index (χ0n) is 10.6. The summed E-state index contributed by atoms with van der Waals surface area (Å²) >= 11 is 3.08. The van der Waals surface area contributed by atoms with E-state index in [0.29, 0.717) is 22.7 Å². The minimum atomic E-state index is -0.385. The van der Waals surface area contributed by atoms with Crippen LogP contribution in [0.5, 0.6) is 11.5 Å². The Hall–Kier alpha value is -2.08. The SMILES string of the molecule is CNC(=O)c1ccc(N)c(Oc2ccc(F)c(Br)c2)c1. The number of rotatable bonds is 3. The molecule has 0 spiro atoms. The summed E-state index contributed by atoms with van der Waals surface area (Å²) in [5.74, 6) is 0.128. The van der Waals surface area contributed by atoms with E-state index in [2.05, 4.69) is 21.2 Å². The van der Waals surface area contributed by atoms with Crippen molar-refractivity contribution in [2.24, 2.45) is 0 Å². The van der Waals surface area contributed by atoms with Gasteiger partial charge in [-0.05, 0) is 52.3 Å². The third-order valence-corrected chi connectivity index (χ3v) is 3.23. The molecule has 4 nitrogen and oxygen atoms in total. The maximum absolute atomic E-state index is 13.2. The largest absolute Gasteiger partial charge is 0.455 e. The van der Waals surface area contributed by atoms with Gasteiger partial charge in [0.15, 0.2) is 5.75 Å². The number of ether oxygens (including phenoxy) is 1. The van der Waals surface area contributed by atoms with Crippen LogP contribution >= 0.6 is 15.9 Å². The van der Waals surface area contributed by atoms with Crippen molar-refractivity contribution in [2.75, 3.05) is 12.8 Å².